The molecule has 81 heavy (non-hydrogen) atoms. The third-order valence-corrected chi connectivity index (χ3v) is 20.1. The number of hydrogen-bond donors (Lipinski definition) is 17. The second kappa shape index (κ2) is 24.5. The number of esters is 1. The largest absolute Gasteiger partial charge is 0.432 e. The molecule has 0 aromatic rings. The first kappa shape index (κ1) is 63.2. The first-order valence-electron chi connectivity index (χ1n) is 28.2. The second-order valence-corrected chi connectivity index (χ2v) is 24.8. The Morgan fingerprint density at radius 1 is 0.568 bits per heavy atom. The molecule has 464 valence electrons. The molecule has 0 radical (unpaired) electrons. The molecular weight excluding hydrogens is 1080 g/mol. The smallest absolute Gasteiger partial charge is 0.314 e. The predicted molar refractivity (Wildman–Crippen MR) is 266 cm³/mol. The quantitative estimate of drug-likeness (QED) is 0.0388. The molecule has 2 bridgehead atoms. The van der Waals surface area contributed by atoms with Crippen molar-refractivity contribution < 1.29 is 134 Å². The molecule has 4 heterocycles. The molecule has 17 N–H and O–H groups in total. The summed E-state index contributed by atoms with van der Waals surface area (Å²) in [7, 11) is 0. The molecule has 4 aliphatic heterocycles. The summed E-state index contributed by atoms with van der Waals surface area (Å²) in [5.74, 6) is -2.78. The van der Waals surface area contributed by atoms with Crippen LogP contribution in [0.25, 0.3) is 0 Å². The number of hydrogen-bond acceptors (Lipinski definition) is 27. The van der Waals surface area contributed by atoms with E-state index < -0.39 is 220 Å². The zero-order valence-corrected chi connectivity index (χ0v) is 45.5. The van der Waals surface area contributed by atoms with Gasteiger partial charge in [0.2, 0.25) is 12.2 Å². The van der Waals surface area contributed by atoms with Gasteiger partial charge in [-0.15, -0.1) is 0 Å². The van der Waals surface area contributed by atoms with E-state index in [-0.39, 0.29) is 18.3 Å². The lowest BCUT2D eigenvalue weighted by Crippen LogP contribution is -2.68. The molecule has 4 saturated heterocycles. The highest BCUT2D eigenvalue weighted by atomic mass is 16.8. The first-order valence-corrected chi connectivity index (χ1v) is 28.2. The number of carbonyl (C=O) groups is 2. The summed E-state index contributed by atoms with van der Waals surface area (Å²) in [5, 5.41) is 175. The van der Waals surface area contributed by atoms with E-state index in [1.807, 2.05) is 0 Å². The third-order valence-electron chi connectivity index (χ3n) is 20.1. The van der Waals surface area contributed by atoms with Crippen molar-refractivity contribution in [2.45, 2.75) is 238 Å². The number of aliphatic hydroxyl groups excluding tert-OH is 16. The lowest BCUT2D eigenvalue weighted by molar-refractivity contribution is -0.386. The monoisotopic (exact) mass is 1170 g/mol. The van der Waals surface area contributed by atoms with Gasteiger partial charge in [0, 0.05) is 19.4 Å². The van der Waals surface area contributed by atoms with E-state index >= 15 is 4.79 Å². The number of carbonyl (C=O) groups excluding carboxylic acids is 2. The van der Waals surface area contributed by atoms with Crippen molar-refractivity contribution in [3.8, 4) is 0 Å². The van der Waals surface area contributed by atoms with Crippen LogP contribution >= 0.6 is 0 Å². The van der Waals surface area contributed by atoms with Gasteiger partial charge in [-0.2, -0.15) is 0 Å². The Morgan fingerprint density at radius 3 is 1.75 bits per heavy atom. The van der Waals surface area contributed by atoms with Gasteiger partial charge in [0.25, 0.3) is 0 Å². The number of ether oxygens (including phenoxy) is 9. The summed E-state index contributed by atoms with van der Waals surface area (Å²) in [6.07, 6.45) is -34.8. The summed E-state index contributed by atoms with van der Waals surface area (Å²) in [5.41, 5.74) is -2.76. The maximum atomic E-state index is 15.0. The van der Waals surface area contributed by atoms with Gasteiger partial charge in [0.05, 0.1) is 49.7 Å². The van der Waals surface area contributed by atoms with Crippen LogP contribution in [0.15, 0.2) is 12.2 Å². The lowest BCUT2D eigenvalue weighted by atomic mass is 9.41. The molecule has 27 unspecified atom stereocenters. The minimum absolute atomic E-state index is 0.0640. The number of fused-ring (bicyclic) bond motifs is 3. The second-order valence-electron chi connectivity index (χ2n) is 24.8. The van der Waals surface area contributed by atoms with Gasteiger partial charge in [-0.25, -0.2) is 0 Å². The molecule has 9 fully saturated rings. The zero-order valence-electron chi connectivity index (χ0n) is 45.5. The van der Waals surface area contributed by atoms with Crippen molar-refractivity contribution in [1.29, 1.82) is 0 Å². The van der Waals surface area contributed by atoms with Crippen LogP contribution in [-0.2, 0) is 52.2 Å². The Morgan fingerprint density at radius 2 is 1.12 bits per heavy atom. The van der Waals surface area contributed by atoms with Gasteiger partial charge >= 0.3 is 5.97 Å². The summed E-state index contributed by atoms with van der Waals surface area (Å²) >= 11 is 0. The van der Waals surface area contributed by atoms with Gasteiger partial charge in [0.15, 0.2) is 25.0 Å². The van der Waals surface area contributed by atoms with E-state index in [2.05, 4.69) is 18.8 Å². The molecule has 31 atom stereocenters. The molecule has 28 heteroatoms. The number of amides is 1. The van der Waals surface area contributed by atoms with Gasteiger partial charge < -0.3 is 130 Å². The van der Waals surface area contributed by atoms with Crippen LogP contribution in [0, 0.1) is 34.0 Å². The lowest BCUT2D eigenvalue weighted by Gasteiger charge is -2.64. The molecule has 28 nitrogen and oxygen atoms in total. The highest BCUT2D eigenvalue weighted by Gasteiger charge is 2.70. The van der Waals surface area contributed by atoms with Crippen LogP contribution in [0.3, 0.4) is 0 Å². The third kappa shape index (κ3) is 11.2. The van der Waals surface area contributed by atoms with Crippen molar-refractivity contribution in [3.63, 3.8) is 0 Å². The fourth-order valence-corrected chi connectivity index (χ4v) is 15.8. The van der Waals surface area contributed by atoms with Crippen molar-refractivity contribution in [2.75, 3.05) is 33.0 Å². The van der Waals surface area contributed by atoms with Crippen LogP contribution in [0.4, 0.5) is 0 Å². The highest BCUT2D eigenvalue weighted by molar-refractivity contribution is 5.77. The molecule has 1 amide bonds. The van der Waals surface area contributed by atoms with Crippen molar-refractivity contribution >= 4 is 11.9 Å². The van der Waals surface area contributed by atoms with Crippen LogP contribution in [0.2, 0.25) is 0 Å². The van der Waals surface area contributed by atoms with Crippen molar-refractivity contribution in [3.05, 3.63) is 12.2 Å². The Labute approximate surface area is 467 Å². The van der Waals surface area contributed by atoms with Gasteiger partial charge in [-0.3, -0.25) is 9.59 Å². The van der Waals surface area contributed by atoms with Crippen LogP contribution < -0.4 is 5.32 Å². The Bertz CT molecular complexity index is 2200. The molecule has 0 aromatic carbocycles. The van der Waals surface area contributed by atoms with Crippen molar-refractivity contribution in [2.24, 2.45) is 34.0 Å². The number of nitrogens with one attached hydrogen (secondary N) is 1. The predicted octanol–water partition coefficient (Wildman–Crippen LogP) is -6.48. The number of aliphatic hydroxyl groups is 16. The molecular formula is C53H85NO27. The van der Waals surface area contributed by atoms with Crippen LogP contribution in [0.5, 0.6) is 0 Å². The average molecular weight is 1170 g/mol. The molecule has 9 aliphatic rings. The molecule has 1 spiro atoms. The number of rotatable bonds is 16. The zero-order chi connectivity index (χ0) is 59.0. The topological polar surface area (TPSA) is 453 Å². The highest BCUT2D eigenvalue weighted by Crippen LogP contribution is 2.74. The minimum atomic E-state index is -1.96. The maximum absolute atomic E-state index is 15.0. The summed E-state index contributed by atoms with van der Waals surface area (Å²) in [4.78, 5) is 27.3. The van der Waals surface area contributed by atoms with Gasteiger partial charge in [0.1, 0.15) is 104 Å². The standard InChI is InChI=1S/C53H85NO27/c1-20-13-52-10-6-28-50(3,8-5-9-51(28,4)49(72)80-47-43(40(70)35(65)26(17-58)76-47)78-45-30(54-21(2)60)37(67)33(63)24(15-56)74-45)29(52)7-11-53(20,19-52)81-48-44(79-46-41(71)39(69)34(64)25(16-57)75-46)42(36(66)27(18-59)77-48)73-23-12-22(14-55)31(61)38(68)32(23)62/h22-48,55-59,61-71H,1,5-19H2,2-4H3,(H,54,60)/t22?,23?,24?,25?,26?,27?,28?,29-,30?,31?,32?,33?,34?,35?,36?,37?,38?,39?,40?,41?,42?,43?,44?,45?,46?,47?,48?,50+,51+,52+,53?/m0/s1. The molecule has 5 saturated carbocycles. The van der Waals surface area contributed by atoms with E-state index in [9.17, 15) is 86.5 Å². The van der Waals surface area contributed by atoms with E-state index in [0.717, 1.165) is 6.92 Å². The summed E-state index contributed by atoms with van der Waals surface area (Å²) < 4.78 is 55.8. The van der Waals surface area contributed by atoms with Gasteiger partial charge in [-0.05, 0) is 93.0 Å². The fourth-order valence-electron chi connectivity index (χ4n) is 15.8. The molecule has 9 rings (SSSR count). The molecule has 5 aliphatic carbocycles. The van der Waals surface area contributed by atoms with Crippen LogP contribution in [-0.4, -0.2) is 279 Å². The molecule has 0 aromatic heterocycles. The maximum Gasteiger partial charge on any atom is 0.314 e. The fraction of sp³-hybridized carbons (Fsp3) is 0.925. The normalized spacial score (nSPS) is 52.8. The summed E-state index contributed by atoms with van der Waals surface area (Å²) in [6, 6.07) is -1.48. The Balaban J connectivity index is 0.971. The van der Waals surface area contributed by atoms with Crippen molar-refractivity contribution in [1.82, 2.24) is 5.32 Å². The van der Waals surface area contributed by atoms with E-state index in [1.165, 1.54) is 0 Å². The average Bonchev–Trinajstić information content (AvgIpc) is 3.01. The summed E-state index contributed by atoms with van der Waals surface area (Å²) in [6.45, 7) is 5.77. The SMILES string of the molecule is C=C1C[C@@]23CCC4[C@](C)(C(=O)OC5OC(CO)C(O)C(O)C5OC5OC(CO)C(O)C(O)C5NC(C)=O)CCC[C@@]4(C)[C@@H]2CCC1(OC1OC(CO)C(O)C(OC2CC(CO)C(O)C(O)C2O)C1OC1OC(CO)C(O)C(O)C1O)C3. The first-order chi connectivity index (χ1) is 38.3. The van der Waals surface area contributed by atoms with Gasteiger partial charge in [-0.1, -0.05) is 19.9 Å². The van der Waals surface area contributed by atoms with Crippen LogP contribution in [0.1, 0.15) is 85.0 Å². The van der Waals surface area contributed by atoms with E-state index in [1.54, 1.807) is 6.92 Å². The van der Waals surface area contributed by atoms with E-state index in [4.69, 9.17) is 42.6 Å². The van der Waals surface area contributed by atoms with E-state index in [0.29, 0.717) is 63.4 Å². The minimum Gasteiger partial charge on any atom is -0.432 e. The Kier molecular flexibility index (Phi) is 19.1. The Hall–Kier alpha value is -2.28.